The molecule has 1 atom stereocenters. The second kappa shape index (κ2) is 4.46. The van der Waals surface area contributed by atoms with E-state index in [2.05, 4.69) is 23.9 Å². The Morgan fingerprint density at radius 1 is 1.69 bits per heavy atom. The van der Waals surface area contributed by atoms with Gasteiger partial charge in [0.15, 0.2) is 5.84 Å². The van der Waals surface area contributed by atoms with Crippen LogP contribution in [-0.4, -0.2) is 35.6 Å². The van der Waals surface area contributed by atoms with Crippen molar-refractivity contribution in [1.29, 1.82) is 0 Å². The number of amidine groups is 1. The smallest absolute Gasteiger partial charge is 0.153 e. The molecule has 13 heavy (non-hydrogen) atoms. The molecule has 0 saturated carbocycles. The third-order valence-corrected chi connectivity index (χ3v) is 2.77. The Morgan fingerprint density at radius 3 is 2.85 bits per heavy atom. The van der Waals surface area contributed by atoms with E-state index in [4.69, 9.17) is 10.9 Å². The zero-order valence-corrected chi connectivity index (χ0v) is 8.40. The lowest BCUT2D eigenvalue weighted by molar-refractivity contribution is 0.303. The molecule has 0 aromatic carbocycles. The summed E-state index contributed by atoms with van der Waals surface area (Å²) >= 11 is 0. The third-order valence-electron chi connectivity index (χ3n) is 2.77. The Balaban J connectivity index is 2.33. The summed E-state index contributed by atoms with van der Waals surface area (Å²) in [5.41, 5.74) is 5.43. The van der Waals surface area contributed by atoms with E-state index in [0.29, 0.717) is 12.4 Å². The molecule has 1 fully saturated rings. The van der Waals surface area contributed by atoms with E-state index < -0.39 is 0 Å². The van der Waals surface area contributed by atoms with Crippen LogP contribution in [0.2, 0.25) is 0 Å². The summed E-state index contributed by atoms with van der Waals surface area (Å²) in [4.78, 5) is 2.24. The Labute approximate surface area is 79.4 Å². The largest absolute Gasteiger partial charge is 0.409 e. The van der Waals surface area contributed by atoms with Gasteiger partial charge < -0.3 is 10.9 Å². The SMILES string of the molecule is CC(C)C1CCN(CC(N)=NO)C1. The molecule has 0 aliphatic carbocycles. The first-order valence-electron chi connectivity index (χ1n) is 4.82. The molecular formula is C9H19N3O. The number of hydrogen-bond acceptors (Lipinski definition) is 3. The third kappa shape index (κ3) is 2.88. The molecule has 0 bridgehead atoms. The molecule has 0 aromatic rings. The van der Waals surface area contributed by atoms with Gasteiger partial charge in [-0.25, -0.2) is 0 Å². The fourth-order valence-corrected chi connectivity index (χ4v) is 1.81. The molecule has 4 nitrogen and oxygen atoms in total. The summed E-state index contributed by atoms with van der Waals surface area (Å²) in [6, 6.07) is 0. The summed E-state index contributed by atoms with van der Waals surface area (Å²) in [5, 5.41) is 11.4. The van der Waals surface area contributed by atoms with E-state index >= 15 is 0 Å². The van der Waals surface area contributed by atoms with Crippen molar-refractivity contribution in [2.75, 3.05) is 19.6 Å². The molecule has 0 aromatic heterocycles. The first kappa shape index (κ1) is 10.3. The van der Waals surface area contributed by atoms with Crippen LogP contribution in [0, 0.1) is 11.8 Å². The lowest BCUT2D eigenvalue weighted by Gasteiger charge is -2.16. The van der Waals surface area contributed by atoms with Gasteiger partial charge in [-0.15, -0.1) is 0 Å². The van der Waals surface area contributed by atoms with E-state index in [1.165, 1.54) is 6.42 Å². The Hall–Kier alpha value is -0.770. The zero-order valence-electron chi connectivity index (χ0n) is 8.40. The van der Waals surface area contributed by atoms with Crippen LogP contribution in [0.25, 0.3) is 0 Å². The fraction of sp³-hybridized carbons (Fsp3) is 0.889. The van der Waals surface area contributed by atoms with Gasteiger partial charge in [0.2, 0.25) is 0 Å². The quantitative estimate of drug-likeness (QED) is 0.294. The Morgan fingerprint density at radius 2 is 2.38 bits per heavy atom. The maximum absolute atomic E-state index is 8.41. The lowest BCUT2D eigenvalue weighted by atomic mass is 9.95. The predicted octanol–water partition coefficient (Wildman–Crippen LogP) is 0.711. The van der Waals surface area contributed by atoms with Crippen LogP contribution in [-0.2, 0) is 0 Å². The summed E-state index contributed by atoms with van der Waals surface area (Å²) in [6.45, 7) is 7.24. The minimum absolute atomic E-state index is 0.310. The summed E-state index contributed by atoms with van der Waals surface area (Å²) < 4.78 is 0. The van der Waals surface area contributed by atoms with E-state index in [0.717, 1.165) is 24.9 Å². The zero-order chi connectivity index (χ0) is 9.84. The average Bonchev–Trinajstić information content (AvgIpc) is 2.52. The fourth-order valence-electron chi connectivity index (χ4n) is 1.81. The van der Waals surface area contributed by atoms with E-state index in [1.54, 1.807) is 0 Å². The summed E-state index contributed by atoms with van der Waals surface area (Å²) in [7, 11) is 0. The first-order valence-corrected chi connectivity index (χ1v) is 4.82. The van der Waals surface area contributed by atoms with Crippen molar-refractivity contribution < 1.29 is 5.21 Å². The van der Waals surface area contributed by atoms with Crippen LogP contribution in [0.1, 0.15) is 20.3 Å². The second-order valence-corrected chi connectivity index (χ2v) is 4.12. The number of rotatable bonds is 3. The minimum atomic E-state index is 0.310. The molecule has 1 rings (SSSR count). The molecule has 0 amide bonds. The molecule has 1 heterocycles. The van der Waals surface area contributed by atoms with Crippen molar-refractivity contribution >= 4 is 5.84 Å². The van der Waals surface area contributed by atoms with Crippen molar-refractivity contribution in [3.63, 3.8) is 0 Å². The van der Waals surface area contributed by atoms with Gasteiger partial charge in [0.05, 0.1) is 6.54 Å². The molecular weight excluding hydrogens is 166 g/mol. The van der Waals surface area contributed by atoms with Gasteiger partial charge >= 0.3 is 0 Å². The van der Waals surface area contributed by atoms with E-state index in [9.17, 15) is 0 Å². The number of nitrogens with two attached hydrogens (primary N) is 1. The molecule has 76 valence electrons. The maximum Gasteiger partial charge on any atom is 0.153 e. The van der Waals surface area contributed by atoms with Crippen molar-refractivity contribution in [2.45, 2.75) is 20.3 Å². The number of nitrogens with zero attached hydrogens (tertiary/aromatic N) is 2. The molecule has 1 unspecified atom stereocenters. The van der Waals surface area contributed by atoms with Gasteiger partial charge in [-0.1, -0.05) is 19.0 Å². The lowest BCUT2D eigenvalue weighted by Crippen LogP contribution is -2.32. The highest BCUT2D eigenvalue weighted by molar-refractivity contribution is 5.81. The molecule has 3 N–H and O–H groups in total. The van der Waals surface area contributed by atoms with Crippen LogP contribution in [0.3, 0.4) is 0 Å². The monoisotopic (exact) mass is 185 g/mol. The molecule has 0 spiro atoms. The van der Waals surface area contributed by atoms with Crippen LogP contribution in [0.4, 0.5) is 0 Å². The van der Waals surface area contributed by atoms with Gasteiger partial charge in [0.1, 0.15) is 0 Å². The standard InChI is InChI=1S/C9H19N3O/c1-7(2)8-3-4-12(5-8)6-9(10)11-13/h7-8,13H,3-6H2,1-2H3,(H2,10,11). The predicted molar refractivity (Wildman–Crippen MR) is 52.8 cm³/mol. The van der Waals surface area contributed by atoms with Crippen molar-refractivity contribution in [1.82, 2.24) is 4.90 Å². The maximum atomic E-state index is 8.41. The van der Waals surface area contributed by atoms with Crippen LogP contribution in [0.15, 0.2) is 5.16 Å². The molecule has 1 saturated heterocycles. The van der Waals surface area contributed by atoms with Crippen molar-refractivity contribution in [3.8, 4) is 0 Å². The van der Waals surface area contributed by atoms with Crippen LogP contribution in [0.5, 0.6) is 0 Å². The highest BCUT2D eigenvalue weighted by Gasteiger charge is 2.24. The van der Waals surface area contributed by atoms with Crippen LogP contribution < -0.4 is 5.73 Å². The van der Waals surface area contributed by atoms with Crippen molar-refractivity contribution in [3.05, 3.63) is 0 Å². The molecule has 1 aliphatic heterocycles. The average molecular weight is 185 g/mol. The first-order chi connectivity index (χ1) is 6.13. The summed E-state index contributed by atoms with van der Waals surface area (Å²) in [5.74, 6) is 1.81. The normalized spacial score (nSPS) is 25.8. The highest BCUT2D eigenvalue weighted by Crippen LogP contribution is 2.22. The van der Waals surface area contributed by atoms with Gasteiger partial charge in [-0.2, -0.15) is 0 Å². The van der Waals surface area contributed by atoms with Crippen molar-refractivity contribution in [2.24, 2.45) is 22.7 Å². The van der Waals surface area contributed by atoms with E-state index in [1.807, 2.05) is 0 Å². The molecule has 1 aliphatic rings. The van der Waals surface area contributed by atoms with Gasteiger partial charge in [-0.3, -0.25) is 4.90 Å². The second-order valence-electron chi connectivity index (χ2n) is 4.12. The Bertz CT molecular complexity index is 191. The number of oxime groups is 1. The van der Waals surface area contributed by atoms with E-state index in [-0.39, 0.29) is 0 Å². The van der Waals surface area contributed by atoms with Gasteiger partial charge in [0.25, 0.3) is 0 Å². The summed E-state index contributed by atoms with van der Waals surface area (Å²) in [6.07, 6.45) is 1.23. The van der Waals surface area contributed by atoms with Gasteiger partial charge in [0, 0.05) is 6.54 Å². The number of likely N-dealkylation sites (tertiary alicyclic amines) is 1. The highest BCUT2D eigenvalue weighted by atomic mass is 16.4. The Kier molecular flexibility index (Phi) is 3.54. The minimum Gasteiger partial charge on any atom is -0.409 e. The van der Waals surface area contributed by atoms with Gasteiger partial charge in [-0.05, 0) is 24.8 Å². The molecule has 4 heteroatoms. The van der Waals surface area contributed by atoms with Crippen LogP contribution >= 0.6 is 0 Å². The number of hydrogen-bond donors (Lipinski definition) is 2. The topological polar surface area (TPSA) is 61.8 Å². The molecule has 0 radical (unpaired) electrons.